The molecule has 1 aliphatic heterocycles. The number of benzene rings is 1. The van der Waals surface area contributed by atoms with Crippen molar-refractivity contribution in [3.63, 3.8) is 0 Å². The maximum absolute atomic E-state index is 12.9. The predicted octanol–water partition coefficient (Wildman–Crippen LogP) is 2.43. The zero-order valence-electron chi connectivity index (χ0n) is 15.9. The van der Waals surface area contributed by atoms with Crippen molar-refractivity contribution >= 4 is 21.9 Å². The summed E-state index contributed by atoms with van der Waals surface area (Å²) in [4.78, 5) is 25.7. The van der Waals surface area contributed by atoms with Crippen LogP contribution >= 0.6 is 0 Å². The van der Waals surface area contributed by atoms with Gasteiger partial charge in [0.2, 0.25) is 15.9 Å². The summed E-state index contributed by atoms with van der Waals surface area (Å²) in [6, 6.07) is 5.63. The first kappa shape index (κ1) is 21.4. The number of rotatable bonds is 8. The van der Waals surface area contributed by atoms with Gasteiger partial charge in [0.15, 0.2) is 0 Å². The zero-order valence-corrected chi connectivity index (χ0v) is 16.7. The third-order valence-corrected chi connectivity index (χ3v) is 6.97. The summed E-state index contributed by atoms with van der Waals surface area (Å²) in [6.07, 6.45) is 2.88. The second-order valence-corrected chi connectivity index (χ2v) is 8.66. The first-order chi connectivity index (χ1) is 12.8. The van der Waals surface area contributed by atoms with Gasteiger partial charge in [0.25, 0.3) is 0 Å². The molecule has 0 spiro atoms. The minimum atomic E-state index is -3.90. The number of carboxylic acids is 1. The number of carbonyl (C=O) groups is 2. The van der Waals surface area contributed by atoms with Gasteiger partial charge in [0.05, 0.1) is 10.5 Å². The highest BCUT2D eigenvalue weighted by molar-refractivity contribution is 7.89. The molecule has 7 nitrogen and oxygen atoms in total. The minimum absolute atomic E-state index is 0.0916. The monoisotopic (exact) mass is 396 g/mol. The van der Waals surface area contributed by atoms with E-state index in [4.69, 9.17) is 0 Å². The Morgan fingerprint density at radius 3 is 2.37 bits per heavy atom. The molecular weight excluding hydrogens is 368 g/mol. The maximum Gasteiger partial charge on any atom is 0.337 e. The molecule has 1 aliphatic rings. The molecule has 0 unspecified atom stereocenters. The van der Waals surface area contributed by atoms with Gasteiger partial charge in [0, 0.05) is 32.1 Å². The van der Waals surface area contributed by atoms with Gasteiger partial charge < -0.3 is 10.0 Å². The van der Waals surface area contributed by atoms with E-state index in [1.54, 1.807) is 0 Å². The number of nitrogens with zero attached hydrogens (tertiary/aromatic N) is 2. The highest BCUT2D eigenvalue weighted by Crippen LogP contribution is 2.27. The Labute approximate surface area is 161 Å². The number of hydrogen-bond donors (Lipinski definition) is 1. The Kier molecular flexibility index (Phi) is 7.38. The van der Waals surface area contributed by atoms with Crippen molar-refractivity contribution in [3.8, 4) is 0 Å². The van der Waals surface area contributed by atoms with Crippen LogP contribution in [0.4, 0.5) is 0 Å². The van der Waals surface area contributed by atoms with Crippen LogP contribution in [0.3, 0.4) is 0 Å². The molecule has 150 valence electrons. The highest BCUT2D eigenvalue weighted by atomic mass is 32.2. The molecular formula is C19H28N2O5S. The zero-order chi connectivity index (χ0) is 20.0. The minimum Gasteiger partial charge on any atom is -0.478 e. The Bertz CT molecular complexity index is 770. The molecule has 0 saturated carbocycles. The van der Waals surface area contributed by atoms with Gasteiger partial charge in [-0.3, -0.25) is 4.79 Å². The largest absolute Gasteiger partial charge is 0.478 e. The van der Waals surface area contributed by atoms with Crippen molar-refractivity contribution in [2.45, 2.75) is 44.4 Å². The lowest BCUT2D eigenvalue weighted by molar-refractivity contribution is -0.136. The molecule has 8 heteroatoms. The molecule has 1 amide bonds. The average Bonchev–Trinajstić information content (AvgIpc) is 2.68. The first-order valence-electron chi connectivity index (χ1n) is 9.44. The molecule has 2 rings (SSSR count). The fraction of sp³-hybridized carbons (Fsp3) is 0.579. The maximum atomic E-state index is 12.9. The number of aromatic carboxylic acids is 1. The lowest BCUT2D eigenvalue weighted by Gasteiger charge is -2.33. The smallest absolute Gasteiger partial charge is 0.337 e. The number of carboxylic acid groups (broad SMARTS) is 1. The molecule has 1 heterocycles. The number of hydrogen-bond acceptors (Lipinski definition) is 4. The molecule has 1 N–H and O–H groups in total. The topological polar surface area (TPSA) is 95.0 Å². The Balaban J connectivity index is 2.09. The summed E-state index contributed by atoms with van der Waals surface area (Å²) in [5.74, 6) is -1.36. The number of sulfonamides is 1. The molecule has 0 atom stereocenters. The summed E-state index contributed by atoms with van der Waals surface area (Å²) in [5, 5.41) is 9.27. The van der Waals surface area contributed by atoms with Gasteiger partial charge in [-0.05, 0) is 38.3 Å². The van der Waals surface area contributed by atoms with Gasteiger partial charge in [-0.1, -0.05) is 25.5 Å². The van der Waals surface area contributed by atoms with Gasteiger partial charge in [0.1, 0.15) is 0 Å². The number of amides is 1. The van der Waals surface area contributed by atoms with E-state index >= 15 is 0 Å². The summed E-state index contributed by atoms with van der Waals surface area (Å²) < 4.78 is 27.1. The normalized spacial score (nSPS) is 16.2. The van der Waals surface area contributed by atoms with E-state index in [-0.39, 0.29) is 35.4 Å². The molecule has 0 radical (unpaired) electrons. The molecule has 1 fully saturated rings. The predicted molar refractivity (Wildman–Crippen MR) is 102 cm³/mol. The number of unbranched alkanes of at least 4 members (excludes halogenated alkanes) is 1. The van der Waals surface area contributed by atoms with Crippen LogP contribution < -0.4 is 0 Å². The van der Waals surface area contributed by atoms with Crippen LogP contribution in [0.25, 0.3) is 0 Å². The lowest BCUT2D eigenvalue weighted by atomic mass is 9.96. The lowest BCUT2D eigenvalue weighted by Crippen LogP contribution is -2.44. The van der Waals surface area contributed by atoms with Crippen LogP contribution in [0.1, 0.15) is 49.9 Å². The third kappa shape index (κ3) is 4.87. The number of carbonyl (C=O) groups excluding carboxylic acids is 1. The van der Waals surface area contributed by atoms with Crippen molar-refractivity contribution in [1.29, 1.82) is 0 Å². The van der Waals surface area contributed by atoms with Crippen molar-refractivity contribution < 1.29 is 23.1 Å². The molecule has 1 aromatic rings. The summed E-state index contributed by atoms with van der Waals surface area (Å²) in [5.41, 5.74) is -0.229. The van der Waals surface area contributed by atoms with Crippen molar-refractivity contribution in [1.82, 2.24) is 9.21 Å². The van der Waals surface area contributed by atoms with Crippen LogP contribution in [0.5, 0.6) is 0 Å². The molecule has 0 aliphatic carbocycles. The van der Waals surface area contributed by atoms with Crippen molar-refractivity contribution in [2.75, 3.05) is 26.2 Å². The van der Waals surface area contributed by atoms with E-state index in [0.717, 1.165) is 19.4 Å². The van der Waals surface area contributed by atoms with E-state index < -0.39 is 16.0 Å². The Morgan fingerprint density at radius 1 is 1.19 bits per heavy atom. The summed E-state index contributed by atoms with van der Waals surface area (Å²) in [7, 11) is -3.90. The molecule has 1 aromatic carbocycles. The second kappa shape index (κ2) is 9.32. The quantitative estimate of drug-likeness (QED) is 0.728. The average molecular weight is 397 g/mol. The SMILES string of the molecule is CCCCN(CC)C(=O)C1CCN(S(=O)(=O)c2ccccc2C(=O)O)CC1. The fourth-order valence-corrected chi connectivity index (χ4v) is 5.04. The highest BCUT2D eigenvalue weighted by Gasteiger charge is 2.35. The van der Waals surface area contributed by atoms with Crippen LogP contribution in [0, 0.1) is 5.92 Å². The van der Waals surface area contributed by atoms with Gasteiger partial charge >= 0.3 is 5.97 Å². The van der Waals surface area contributed by atoms with Gasteiger partial charge in [-0.15, -0.1) is 0 Å². The van der Waals surface area contributed by atoms with Crippen LogP contribution in [-0.2, 0) is 14.8 Å². The Morgan fingerprint density at radius 2 is 1.81 bits per heavy atom. The fourth-order valence-electron chi connectivity index (χ4n) is 3.38. The van der Waals surface area contributed by atoms with Crippen molar-refractivity contribution in [2.24, 2.45) is 5.92 Å². The number of piperidine rings is 1. The van der Waals surface area contributed by atoms with E-state index in [1.165, 1.54) is 28.6 Å². The van der Waals surface area contributed by atoms with E-state index in [0.29, 0.717) is 19.4 Å². The second-order valence-electron chi connectivity index (χ2n) is 6.75. The van der Waals surface area contributed by atoms with Crippen LogP contribution in [-0.4, -0.2) is 60.8 Å². The van der Waals surface area contributed by atoms with Gasteiger partial charge in [-0.25, -0.2) is 13.2 Å². The summed E-state index contributed by atoms with van der Waals surface area (Å²) >= 11 is 0. The Hall–Kier alpha value is -1.93. The van der Waals surface area contributed by atoms with Crippen molar-refractivity contribution in [3.05, 3.63) is 29.8 Å². The molecule has 0 bridgehead atoms. The van der Waals surface area contributed by atoms with E-state index in [9.17, 15) is 23.1 Å². The van der Waals surface area contributed by atoms with Crippen LogP contribution in [0.15, 0.2) is 29.2 Å². The molecule has 1 saturated heterocycles. The molecule has 27 heavy (non-hydrogen) atoms. The molecule has 0 aromatic heterocycles. The summed E-state index contributed by atoms with van der Waals surface area (Å²) in [6.45, 7) is 5.86. The van der Waals surface area contributed by atoms with Gasteiger partial charge in [-0.2, -0.15) is 4.31 Å². The van der Waals surface area contributed by atoms with E-state index in [2.05, 4.69) is 6.92 Å². The standard InChI is InChI=1S/C19H28N2O5S/c1-3-5-12-20(4-2)18(22)15-10-13-21(14-11-15)27(25,26)17-9-7-6-8-16(17)19(23)24/h6-9,15H,3-5,10-14H2,1-2H3,(H,23,24). The third-order valence-electron chi connectivity index (χ3n) is 5.01. The first-order valence-corrected chi connectivity index (χ1v) is 10.9. The van der Waals surface area contributed by atoms with Crippen LogP contribution in [0.2, 0.25) is 0 Å². The van der Waals surface area contributed by atoms with E-state index in [1.807, 2.05) is 11.8 Å².